The van der Waals surface area contributed by atoms with Crippen LogP contribution in [0.2, 0.25) is 10.0 Å². The molecule has 2 aromatic carbocycles. The van der Waals surface area contributed by atoms with Gasteiger partial charge in [-0.15, -0.1) is 0 Å². The minimum absolute atomic E-state index is 0.0724. The van der Waals surface area contributed by atoms with Crippen molar-refractivity contribution in [1.29, 1.82) is 0 Å². The summed E-state index contributed by atoms with van der Waals surface area (Å²) in [6.07, 6.45) is 3.34. The van der Waals surface area contributed by atoms with Gasteiger partial charge in [-0.3, -0.25) is 9.59 Å². The predicted molar refractivity (Wildman–Crippen MR) is 116 cm³/mol. The molecule has 3 rings (SSSR count). The summed E-state index contributed by atoms with van der Waals surface area (Å²) in [7, 11) is 0. The number of piperazine rings is 1. The largest absolute Gasteiger partial charge is 0.494 e. The van der Waals surface area contributed by atoms with Crippen molar-refractivity contribution in [1.82, 2.24) is 9.80 Å². The summed E-state index contributed by atoms with van der Waals surface area (Å²) >= 11 is 12.0. The van der Waals surface area contributed by atoms with Gasteiger partial charge in [0.25, 0.3) is 5.91 Å². The second kappa shape index (κ2) is 9.81. The highest BCUT2D eigenvalue weighted by Crippen LogP contribution is 2.21. The Balaban J connectivity index is 1.54. The van der Waals surface area contributed by atoms with Crippen molar-refractivity contribution >= 4 is 41.1 Å². The van der Waals surface area contributed by atoms with Gasteiger partial charge in [0.2, 0.25) is 5.91 Å². The summed E-state index contributed by atoms with van der Waals surface area (Å²) in [6, 6.07) is 12.4. The van der Waals surface area contributed by atoms with E-state index in [2.05, 4.69) is 0 Å². The molecule has 0 spiro atoms. The number of hydrogen-bond acceptors (Lipinski definition) is 3. The standard InChI is InChI=1S/C22H22Cl2N2O3/c1-2-29-20-6-3-16(4-7-20)5-8-21(27)25-9-11-26(12-10-25)22(28)17-13-18(23)15-19(24)14-17/h3-8,13-15H,2,9-12H2,1H3/b8-5+. The summed E-state index contributed by atoms with van der Waals surface area (Å²) in [5.74, 6) is 0.598. The Morgan fingerprint density at radius 2 is 1.55 bits per heavy atom. The zero-order valence-corrected chi connectivity index (χ0v) is 17.6. The molecule has 7 heteroatoms. The maximum Gasteiger partial charge on any atom is 0.254 e. The van der Waals surface area contributed by atoms with Gasteiger partial charge in [0.15, 0.2) is 0 Å². The lowest BCUT2D eigenvalue weighted by atomic mass is 10.1. The van der Waals surface area contributed by atoms with Crippen LogP contribution in [0.5, 0.6) is 5.75 Å². The SMILES string of the molecule is CCOc1ccc(/C=C/C(=O)N2CCN(C(=O)c3cc(Cl)cc(Cl)c3)CC2)cc1. The average Bonchev–Trinajstić information content (AvgIpc) is 2.72. The molecule has 1 aliphatic heterocycles. The monoisotopic (exact) mass is 432 g/mol. The number of carbonyl (C=O) groups is 2. The average molecular weight is 433 g/mol. The van der Waals surface area contributed by atoms with Crippen LogP contribution in [0.25, 0.3) is 6.08 Å². The van der Waals surface area contributed by atoms with Crippen LogP contribution in [0.15, 0.2) is 48.5 Å². The molecule has 1 saturated heterocycles. The van der Waals surface area contributed by atoms with Crippen molar-refractivity contribution < 1.29 is 14.3 Å². The Kier molecular flexibility index (Phi) is 7.18. The highest BCUT2D eigenvalue weighted by atomic mass is 35.5. The molecule has 152 valence electrons. The van der Waals surface area contributed by atoms with Gasteiger partial charge in [-0.1, -0.05) is 35.3 Å². The summed E-state index contributed by atoms with van der Waals surface area (Å²) in [5.41, 5.74) is 1.38. The zero-order chi connectivity index (χ0) is 20.8. The van der Waals surface area contributed by atoms with Gasteiger partial charge < -0.3 is 14.5 Å². The molecule has 0 aromatic heterocycles. The zero-order valence-electron chi connectivity index (χ0n) is 16.1. The van der Waals surface area contributed by atoms with Gasteiger partial charge in [-0.05, 0) is 48.9 Å². The van der Waals surface area contributed by atoms with Crippen molar-refractivity contribution in [2.45, 2.75) is 6.92 Å². The van der Waals surface area contributed by atoms with Gasteiger partial charge in [-0.2, -0.15) is 0 Å². The van der Waals surface area contributed by atoms with Crippen LogP contribution < -0.4 is 4.74 Å². The molecule has 2 amide bonds. The summed E-state index contributed by atoms with van der Waals surface area (Å²) in [6.45, 7) is 4.44. The van der Waals surface area contributed by atoms with Crippen LogP contribution in [0, 0.1) is 0 Å². The van der Waals surface area contributed by atoms with Crippen molar-refractivity contribution in [2.75, 3.05) is 32.8 Å². The quantitative estimate of drug-likeness (QED) is 0.658. The fourth-order valence-corrected chi connectivity index (χ4v) is 3.63. The molecule has 0 N–H and O–H groups in total. The van der Waals surface area contributed by atoms with E-state index in [0.717, 1.165) is 11.3 Å². The van der Waals surface area contributed by atoms with E-state index in [1.807, 2.05) is 31.2 Å². The predicted octanol–water partition coefficient (Wildman–Crippen LogP) is 4.39. The van der Waals surface area contributed by atoms with Crippen molar-refractivity contribution in [3.05, 3.63) is 69.7 Å². The highest BCUT2D eigenvalue weighted by Gasteiger charge is 2.24. The smallest absolute Gasteiger partial charge is 0.254 e. The van der Waals surface area contributed by atoms with Crippen LogP contribution in [-0.2, 0) is 4.79 Å². The Morgan fingerprint density at radius 1 is 0.966 bits per heavy atom. The Hall–Kier alpha value is -2.50. The first-order valence-corrected chi connectivity index (χ1v) is 10.2. The first-order chi connectivity index (χ1) is 14.0. The molecule has 0 atom stereocenters. The highest BCUT2D eigenvalue weighted by molar-refractivity contribution is 6.35. The number of ether oxygens (including phenoxy) is 1. The van der Waals surface area contributed by atoms with Gasteiger partial charge in [0.05, 0.1) is 6.61 Å². The van der Waals surface area contributed by atoms with Crippen LogP contribution in [0.4, 0.5) is 0 Å². The third-order valence-corrected chi connectivity index (χ3v) is 5.03. The second-order valence-electron chi connectivity index (χ2n) is 6.61. The van der Waals surface area contributed by atoms with Crippen molar-refractivity contribution in [2.24, 2.45) is 0 Å². The molecule has 29 heavy (non-hydrogen) atoms. The number of nitrogens with zero attached hydrogens (tertiary/aromatic N) is 2. The van der Waals surface area contributed by atoms with Gasteiger partial charge in [-0.25, -0.2) is 0 Å². The first kappa shape index (κ1) is 21.2. The van der Waals surface area contributed by atoms with E-state index in [4.69, 9.17) is 27.9 Å². The molecule has 2 aromatic rings. The number of hydrogen-bond donors (Lipinski definition) is 0. The van der Waals surface area contributed by atoms with E-state index in [1.54, 1.807) is 40.2 Å². The van der Waals surface area contributed by atoms with E-state index < -0.39 is 0 Å². The minimum Gasteiger partial charge on any atom is -0.494 e. The lowest BCUT2D eigenvalue weighted by molar-refractivity contribution is -0.127. The van der Waals surface area contributed by atoms with Crippen molar-refractivity contribution in [3.8, 4) is 5.75 Å². The normalized spacial score (nSPS) is 14.3. The number of carbonyl (C=O) groups excluding carboxylic acids is 2. The van der Waals surface area contributed by atoms with Crippen LogP contribution >= 0.6 is 23.2 Å². The maximum atomic E-state index is 12.6. The van der Waals surface area contributed by atoms with E-state index in [-0.39, 0.29) is 11.8 Å². The maximum absolute atomic E-state index is 12.6. The molecule has 0 unspecified atom stereocenters. The number of amides is 2. The number of benzene rings is 2. The fraction of sp³-hybridized carbons (Fsp3) is 0.273. The minimum atomic E-state index is -0.133. The van der Waals surface area contributed by atoms with Crippen LogP contribution in [0.3, 0.4) is 0 Å². The third kappa shape index (κ3) is 5.75. The summed E-state index contributed by atoms with van der Waals surface area (Å²) < 4.78 is 5.41. The van der Waals surface area contributed by atoms with Crippen molar-refractivity contribution in [3.63, 3.8) is 0 Å². The lowest BCUT2D eigenvalue weighted by Crippen LogP contribution is -2.50. The number of halogens is 2. The Morgan fingerprint density at radius 3 is 2.14 bits per heavy atom. The van der Waals surface area contributed by atoms with E-state index in [1.165, 1.54) is 0 Å². The molecular weight excluding hydrogens is 411 g/mol. The Labute approximate surface area is 180 Å². The molecule has 0 radical (unpaired) electrons. The van der Waals surface area contributed by atoms with Crippen LogP contribution in [0.1, 0.15) is 22.8 Å². The molecular formula is C22H22Cl2N2O3. The summed E-state index contributed by atoms with van der Waals surface area (Å²) in [4.78, 5) is 28.5. The first-order valence-electron chi connectivity index (χ1n) is 9.41. The van der Waals surface area contributed by atoms with Crippen LogP contribution in [-0.4, -0.2) is 54.4 Å². The summed E-state index contributed by atoms with van der Waals surface area (Å²) in [5, 5.41) is 0.850. The third-order valence-electron chi connectivity index (χ3n) is 4.60. The molecule has 0 bridgehead atoms. The lowest BCUT2D eigenvalue weighted by Gasteiger charge is -2.34. The van der Waals surface area contributed by atoms with Gasteiger partial charge >= 0.3 is 0 Å². The van der Waals surface area contributed by atoms with E-state index >= 15 is 0 Å². The van der Waals surface area contributed by atoms with E-state index in [0.29, 0.717) is 48.4 Å². The van der Waals surface area contributed by atoms with Gasteiger partial charge in [0, 0.05) is 47.9 Å². The van der Waals surface area contributed by atoms with Gasteiger partial charge in [0.1, 0.15) is 5.75 Å². The molecule has 0 saturated carbocycles. The molecule has 1 fully saturated rings. The van der Waals surface area contributed by atoms with E-state index in [9.17, 15) is 9.59 Å². The number of rotatable bonds is 5. The molecule has 1 aliphatic rings. The molecule has 0 aliphatic carbocycles. The fourth-order valence-electron chi connectivity index (χ4n) is 3.10. The Bertz CT molecular complexity index is 885. The second-order valence-corrected chi connectivity index (χ2v) is 7.48. The topological polar surface area (TPSA) is 49.9 Å². The molecule has 1 heterocycles. The molecule has 5 nitrogen and oxygen atoms in total.